The van der Waals surface area contributed by atoms with Crippen molar-refractivity contribution in [2.24, 2.45) is 29.1 Å². The zero-order valence-electron chi connectivity index (χ0n) is 20.1. The zero-order valence-corrected chi connectivity index (χ0v) is 20.1. The van der Waals surface area contributed by atoms with Gasteiger partial charge in [0.15, 0.2) is 0 Å². The van der Waals surface area contributed by atoms with Gasteiger partial charge in [-0.25, -0.2) is 0 Å². The monoisotopic (exact) mass is 467 g/mol. The maximum Gasteiger partial charge on any atom is 0.393 e. The maximum absolute atomic E-state index is 13.1. The first-order valence-electron chi connectivity index (χ1n) is 12.7. The van der Waals surface area contributed by atoms with E-state index in [0.717, 1.165) is 37.8 Å². The van der Waals surface area contributed by atoms with Crippen molar-refractivity contribution >= 4 is 0 Å². The van der Waals surface area contributed by atoms with Crippen molar-refractivity contribution in [2.45, 2.75) is 83.6 Å². The summed E-state index contributed by atoms with van der Waals surface area (Å²) in [7, 11) is 0. The Morgan fingerprint density at radius 3 is 2.48 bits per heavy atom. The average Bonchev–Trinajstić information content (AvgIpc) is 3.34. The van der Waals surface area contributed by atoms with Crippen molar-refractivity contribution < 1.29 is 23.4 Å². The molecule has 186 valence electrons. The van der Waals surface area contributed by atoms with E-state index in [4.69, 9.17) is 0 Å². The highest BCUT2D eigenvalue weighted by Crippen LogP contribution is 2.59. The molecule has 1 heterocycles. The lowest BCUT2D eigenvalue weighted by Crippen LogP contribution is -2.39. The van der Waals surface area contributed by atoms with Gasteiger partial charge in [-0.05, 0) is 86.7 Å². The summed E-state index contributed by atoms with van der Waals surface area (Å²) in [6.07, 6.45) is 5.95. The Bertz CT molecular complexity index is 788. The van der Waals surface area contributed by atoms with Crippen LogP contribution in [-0.2, 0) is 0 Å². The molecule has 4 fully saturated rings. The summed E-state index contributed by atoms with van der Waals surface area (Å²) in [5.74, 6) is 0.276. The topological polar surface area (TPSA) is 43.7 Å². The lowest BCUT2D eigenvalue weighted by Gasteiger charge is -2.45. The number of allylic oxidation sites excluding steroid dienone is 3. The molecular weight excluding hydrogens is 427 g/mol. The zero-order chi connectivity index (χ0) is 24.0. The molecule has 33 heavy (non-hydrogen) atoms. The number of aliphatic hydroxyl groups excluding tert-OH is 2. The predicted molar refractivity (Wildman–Crippen MR) is 124 cm³/mol. The van der Waals surface area contributed by atoms with Gasteiger partial charge in [0.25, 0.3) is 0 Å². The molecular formula is C27H40F3NO2. The third kappa shape index (κ3) is 5.13. The fourth-order valence-electron chi connectivity index (χ4n) is 7.44. The minimum atomic E-state index is -4.07. The van der Waals surface area contributed by atoms with Crippen LogP contribution >= 0.6 is 0 Å². The highest BCUT2D eigenvalue weighted by atomic mass is 19.4. The number of likely N-dealkylation sites (tertiary alicyclic amines) is 1. The van der Waals surface area contributed by atoms with Gasteiger partial charge < -0.3 is 15.1 Å². The van der Waals surface area contributed by atoms with Gasteiger partial charge in [-0.1, -0.05) is 43.7 Å². The average molecular weight is 468 g/mol. The standard InChI is InChI=1S/C27H40F3NO2/c1-17(15-31-12-10-21(16-31)27(28,29)30)22-8-9-23-20(5-4-11-26(22,23)3)7-6-19-13-24(32)18(2)25(33)14-19/h6-7,17,21-25,32-33H,2,4-5,8-16H2,1,3H3/t17-,21?,22-,23+,24-,25-,26-/m1/s1. The molecule has 0 aromatic rings. The van der Waals surface area contributed by atoms with E-state index < -0.39 is 24.3 Å². The van der Waals surface area contributed by atoms with E-state index in [-0.39, 0.29) is 18.4 Å². The first kappa shape index (κ1) is 25.0. The summed E-state index contributed by atoms with van der Waals surface area (Å²) < 4.78 is 39.3. The quantitative estimate of drug-likeness (QED) is 0.526. The fraction of sp³-hybridized carbons (Fsp3) is 0.778. The van der Waals surface area contributed by atoms with Gasteiger partial charge in [-0.3, -0.25) is 0 Å². The highest BCUT2D eigenvalue weighted by molar-refractivity contribution is 5.29. The van der Waals surface area contributed by atoms with E-state index in [2.05, 4.69) is 32.6 Å². The number of nitrogens with zero attached hydrogens (tertiary/aromatic N) is 1. The van der Waals surface area contributed by atoms with E-state index in [1.165, 1.54) is 12.0 Å². The molecule has 0 amide bonds. The molecule has 3 saturated carbocycles. The first-order valence-corrected chi connectivity index (χ1v) is 12.7. The summed E-state index contributed by atoms with van der Waals surface area (Å²) in [4.78, 5) is 2.04. The Hall–Kier alpha value is -1.11. The predicted octanol–water partition coefficient (Wildman–Crippen LogP) is 5.65. The molecule has 0 aromatic carbocycles. The number of hydrogen-bond acceptors (Lipinski definition) is 3. The third-order valence-electron chi connectivity index (χ3n) is 9.31. The molecule has 2 N–H and O–H groups in total. The number of halogens is 3. The second-order valence-corrected chi connectivity index (χ2v) is 11.4. The molecule has 1 unspecified atom stereocenters. The van der Waals surface area contributed by atoms with E-state index in [9.17, 15) is 23.4 Å². The van der Waals surface area contributed by atoms with Crippen molar-refractivity contribution in [1.29, 1.82) is 0 Å². The molecule has 3 nitrogen and oxygen atoms in total. The Balaban J connectivity index is 1.42. The van der Waals surface area contributed by atoms with Gasteiger partial charge in [-0.15, -0.1) is 0 Å². The van der Waals surface area contributed by atoms with Crippen molar-refractivity contribution in [2.75, 3.05) is 19.6 Å². The Kier molecular flexibility index (Phi) is 7.20. The lowest BCUT2D eigenvalue weighted by molar-refractivity contribution is -0.170. The van der Waals surface area contributed by atoms with Crippen LogP contribution in [0.3, 0.4) is 0 Å². The SMILES string of the molecule is C=C1[C@H](O)CC(=CC=C2CCC[C@]3(C)[C@@H]([C@H](C)CN4CCC(C(F)(F)F)C4)CC[C@@H]23)C[C@H]1O. The number of alkyl halides is 3. The first-order chi connectivity index (χ1) is 15.5. The van der Waals surface area contributed by atoms with Gasteiger partial charge in [0.05, 0.1) is 18.1 Å². The molecule has 3 aliphatic carbocycles. The van der Waals surface area contributed by atoms with E-state index in [1.54, 1.807) is 0 Å². The molecule has 6 heteroatoms. The number of fused-ring (bicyclic) bond motifs is 1. The van der Waals surface area contributed by atoms with E-state index in [1.807, 2.05) is 4.90 Å². The second kappa shape index (κ2) is 9.50. The van der Waals surface area contributed by atoms with Gasteiger partial charge >= 0.3 is 6.18 Å². The van der Waals surface area contributed by atoms with Crippen LogP contribution in [-0.4, -0.2) is 53.1 Å². The smallest absolute Gasteiger partial charge is 0.388 e. The summed E-state index contributed by atoms with van der Waals surface area (Å²) in [6, 6.07) is 0. The van der Waals surface area contributed by atoms with Crippen molar-refractivity contribution in [3.63, 3.8) is 0 Å². The van der Waals surface area contributed by atoms with E-state index in [0.29, 0.717) is 42.7 Å². The molecule has 0 spiro atoms. The van der Waals surface area contributed by atoms with Gasteiger partial charge in [0.1, 0.15) is 0 Å². The van der Waals surface area contributed by atoms with Crippen molar-refractivity contribution in [3.8, 4) is 0 Å². The van der Waals surface area contributed by atoms with Crippen molar-refractivity contribution in [1.82, 2.24) is 4.90 Å². The van der Waals surface area contributed by atoms with E-state index >= 15 is 0 Å². The normalized spacial score (nSPS) is 40.3. The van der Waals surface area contributed by atoms with Crippen LogP contribution in [0.4, 0.5) is 13.2 Å². The number of hydrogen-bond donors (Lipinski definition) is 2. The molecule has 1 aliphatic heterocycles. The van der Waals surface area contributed by atoms with Crippen LogP contribution in [0, 0.1) is 29.1 Å². The third-order valence-corrected chi connectivity index (χ3v) is 9.31. The molecule has 1 saturated heterocycles. The Labute approximate surface area is 196 Å². The van der Waals surface area contributed by atoms with Crippen LogP contribution < -0.4 is 0 Å². The Morgan fingerprint density at radius 2 is 1.85 bits per heavy atom. The minimum Gasteiger partial charge on any atom is -0.388 e. The molecule has 0 aromatic heterocycles. The van der Waals surface area contributed by atoms with Crippen LogP contribution in [0.5, 0.6) is 0 Å². The van der Waals surface area contributed by atoms with Gasteiger partial charge in [0.2, 0.25) is 0 Å². The molecule has 0 radical (unpaired) electrons. The van der Waals surface area contributed by atoms with Gasteiger partial charge in [0, 0.05) is 13.1 Å². The molecule has 7 atom stereocenters. The summed E-state index contributed by atoms with van der Waals surface area (Å²) in [5.41, 5.74) is 3.25. The minimum absolute atomic E-state index is 0.156. The highest BCUT2D eigenvalue weighted by Gasteiger charge is 2.51. The summed E-state index contributed by atoms with van der Waals surface area (Å²) in [6.45, 7) is 9.93. The van der Waals surface area contributed by atoms with Gasteiger partial charge in [-0.2, -0.15) is 13.2 Å². The number of rotatable bonds is 4. The Morgan fingerprint density at radius 1 is 1.15 bits per heavy atom. The molecule has 0 bridgehead atoms. The number of aliphatic hydroxyl groups is 2. The largest absolute Gasteiger partial charge is 0.393 e. The van der Waals surface area contributed by atoms with Crippen LogP contribution in [0.1, 0.15) is 65.2 Å². The summed E-state index contributed by atoms with van der Waals surface area (Å²) in [5, 5.41) is 20.3. The maximum atomic E-state index is 13.1. The van der Waals surface area contributed by atoms with Crippen LogP contribution in [0.2, 0.25) is 0 Å². The van der Waals surface area contributed by atoms with Crippen LogP contribution in [0.25, 0.3) is 0 Å². The molecule has 4 aliphatic rings. The molecule has 4 rings (SSSR count). The summed E-state index contributed by atoms with van der Waals surface area (Å²) >= 11 is 0. The lowest BCUT2D eigenvalue weighted by atomic mass is 9.61. The fourth-order valence-corrected chi connectivity index (χ4v) is 7.44. The van der Waals surface area contributed by atoms with Crippen LogP contribution in [0.15, 0.2) is 35.5 Å². The van der Waals surface area contributed by atoms with Crippen molar-refractivity contribution in [3.05, 3.63) is 35.5 Å². The second-order valence-electron chi connectivity index (χ2n) is 11.4.